The van der Waals surface area contributed by atoms with Crippen molar-refractivity contribution in [1.29, 1.82) is 5.26 Å². The van der Waals surface area contributed by atoms with Crippen LogP contribution in [-0.2, 0) is 18.3 Å². The Bertz CT molecular complexity index is 1290. The third-order valence-corrected chi connectivity index (χ3v) is 5.69. The molecule has 33 heavy (non-hydrogen) atoms. The summed E-state index contributed by atoms with van der Waals surface area (Å²) in [5.74, 6) is 0. The quantitative estimate of drug-likeness (QED) is 0.658. The molecule has 9 nitrogen and oxygen atoms in total. The molecule has 2 aromatic heterocycles. The monoisotopic (exact) mass is 448 g/mol. The van der Waals surface area contributed by atoms with Crippen LogP contribution in [0.25, 0.3) is 11.2 Å². The maximum absolute atomic E-state index is 13.1. The van der Waals surface area contributed by atoms with Crippen molar-refractivity contribution in [3.63, 3.8) is 0 Å². The minimum atomic E-state index is -0.432. The van der Waals surface area contributed by atoms with Gasteiger partial charge in [0.1, 0.15) is 11.6 Å². The molecule has 4 rings (SSSR count). The lowest BCUT2D eigenvalue weighted by Crippen LogP contribution is -2.42. The van der Waals surface area contributed by atoms with Crippen LogP contribution < -0.4 is 15.9 Å². The van der Waals surface area contributed by atoms with Crippen molar-refractivity contribution in [3.05, 3.63) is 58.1 Å². The van der Waals surface area contributed by atoms with Gasteiger partial charge in [0.15, 0.2) is 5.65 Å². The minimum absolute atomic E-state index is 0.200. The predicted octanol–water partition coefficient (Wildman–Crippen LogP) is 2.76. The van der Waals surface area contributed by atoms with Gasteiger partial charge >= 0.3 is 11.8 Å². The van der Waals surface area contributed by atoms with Gasteiger partial charge in [0.05, 0.1) is 30.4 Å². The fourth-order valence-electron chi connectivity index (χ4n) is 4.17. The standard InChI is InChI=1S/C24H28N6O3/c1-24(2,3)27-22(31)33-18-10-12-29(15-18)19-9-11-26-21-20(19)30(23(32)28(21)4)14-17-8-6-5-7-16(17)13-25/h5-9,11,18H,10,12,14-15H2,1-4H3,(H,27,31). The van der Waals surface area contributed by atoms with Crippen LogP contribution in [0.15, 0.2) is 41.3 Å². The van der Waals surface area contributed by atoms with Crippen molar-refractivity contribution in [2.24, 2.45) is 7.05 Å². The minimum Gasteiger partial charge on any atom is -0.444 e. The number of hydrogen-bond acceptors (Lipinski definition) is 6. The second kappa shape index (κ2) is 8.62. The highest BCUT2D eigenvalue weighted by atomic mass is 16.6. The Morgan fingerprint density at radius 1 is 1.30 bits per heavy atom. The number of benzene rings is 1. The van der Waals surface area contributed by atoms with Gasteiger partial charge in [0.2, 0.25) is 0 Å². The first kappa shape index (κ1) is 22.4. The molecule has 1 atom stereocenters. The Balaban J connectivity index is 1.66. The number of carbonyl (C=O) groups is 1. The SMILES string of the molecule is Cn1c(=O)n(Cc2ccccc2C#N)c2c(N3CCC(OC(=O)NC(C)(C)C)C3)ccnc21. The van der Waals surface area contributed by atoms with Gasteiger partial charge in [-0.05, 0) is 38.5 Å². The van der Waals surface area contributed by atoms with E-state index in [9.17, 15) is 14.9 Å². The zero-order valence-corrected chi connectivity index (χ0v) is 19.3. The Hall–Kier alpha value is -3.80. The fourth-order valence-corrected chi connectivity index (χ4v) is 4.17. The molecule has 9 heteroatoms. The highest BCUT2D eigenvalue weighted by Gasteiger charge is 2.29. The summed E-state index contributed by atoms with van der Waals surface area (Å²) in [6, 6.07) is 11.3. The summed E-state index contributed by atoms with van der Waals surface area (Å²) in [7, 11) is 1.70. The average Bonchev–Trinajstić information content (AvgIpc) is 3.31. The van der Waals surface area contributed by atoms with Crippen LogP contribution in [0.5, 0.6) is 0 Å². The van der Waals surface area contributed by atoms with Crippen LogP contribution in [0.2, 0.25) is 0 Å². The van der Waals surface area contributed by atoms with E-state index in [-0.39, 0.29) is 23.9 Å². The Kier molecular flexibility index (Phi) is 5.85. The van der Waals surface area contributed by atoms with Gasteiger partial charge in [-0.1, -0.05) is 18.2 Å². The van der Waals surface area contributed by atoms with Crippen molar-refractivity contribution >= 4 is 22.9 Å². The lowest BCUT2D eigenvalue weighted by atomic mass is 10.1. The van der Waals surface area contributed by atoms with Crippen molar-refractivity contribution in [2.45, 2.75) is 45.4 Å². The molecule has 1 fully saturated rings. The normalized spacial score (nSPS) is 16.1. The number of amides is 1. The number of nitriles is 1. The van der Waals surface area contributed by atoms with E-state index in [1.165, 1.54) is 4.57 Å². The van der Waals surface area contributed by atoms with E-state index in [0.717, 1.165) is 11.3 Å². The topological polar surface area (TPSA) is 105 Å². The van der Waals surface area contributed by atoms with Crippen molar-refractivity contribution in [2.75, 3.05) is 18.0 Å². The number of nitrogens with one attached hydrogen (secondary N) is 1. The van der Waals surface area contributed by atoms with E-state index in [2.05, 4.69) is 21.3 Å². The molecule has 0 spiro atoms. The zero-order chi connectivity index (χ0) is 23.8. The maximum atomic E-state index is 13.1. The summed E-state index contributed by atoms with van der Waals surface area (Å²) in [5, 5.41) is 12.3. The molecule has 172 valence electrons. The highest BCUT2D eigenvalue weighted by Crippen LogP contribution is 2.29. The first-order valence-electron chi connectivity index (χ1n) is 10.9. The lowest BCUT2D eigenvalue weighted by Gasteiger charge is -2.23. The Morgan fingerprint density at radius 2 is 2.06 bits per heavy atom. The van der Waals surface area contributed by atoms with Crippen molar-refractivity contribution < 1.29 is 9.53 Å². The van der Waals surface area contributed by atoms with E-state index in [1.54, 1.807) is 29.9 Å². The summed E-state index contributed by atoms with van der Waals surface area (Å²) in [6.07, 6.45) is 1.69. The molecular weight excluding hydrogens is 420 g/mol. The van der Waals surface area contributed by atoms with E-state index in [0.29, 0.717) is 36.2 Å². The number of fused-ring (bicyclic) bond motifs is 1. The maximum Gasteiger partial charge on any atom is 0.407 e. The fraction of sp³-hybridized carbons (Fsp3) is 0.417. The number of imidazole rings is 1. The van der Waals surface area contributed by atoms with E-state index in [4.69, 9.17) is 4.74 Å². The third-order valence-electron chi connectivity index (χ3n) is 5.69. The molecule has 3 aromatic rings. The largest absolute Gasteiger partial charge is 0.444 e. The molecule has 0 radical (unpaired) electrons. The summed E-state index contributed by atoms with van der Waals surface area (Å²) < 4.78 is 8.80. The number of carbonyl (C=O) groups excluding carboxylic acids is 1. The first-order valence-corrected chi connectivity index (χ1v) is 10.9. The molecule has 1 aromatic carbocycles. The summed E-state index contributed by atoms with van der Waals surface area (Å²) in [6.45, 7) is 7.19. The van der Waals surface area contributed by atoms with Crippen LogP contribution in [0, 0.1) is 11.3 Å². The molecule has 1 aliphatic rings. The summed E-state index contributed by atoms with van der Waals surface area (Å²) in [4.78, 5) is 31.9. The van der Waals surface area contributed by atoms with Gasteiger partial charge in [0, 0.05) is 31.7 Å². The van der Waals surface area contributed by atoms with Gasteiger partial charge in [-0.25, -0.2) is 14.6 Å². The molecule has 1 saturated heterocycles. The number of rotatable bonds is 4. The van der Waals surface area contributed by atoms with Crippen molar-refractivity contribution in [1.82, 2.24) is 19.4 Å². The predicted molar refractivity (Wildman–Crippen MR) is 125 cm³/mol. The summed E-state index contributed by atoms with van der Waals surface area (Å²) in [5.41, 5.74) is 2.87. The highest BCUT2D eigenvalue weighted by molar-refractivity contribution is 5.87. The summed E-state index contributed by atoms with van der Waals surface area (Å²) >= 11 is 0. The number of ether oxygens (including phenoxy) is 1. The number of hydrogen-bond donors (Lipinski definition) is 1. The average molecular weight is 449 g/mol. The second-order valence-electron chi connectivity index (χ2n) is 9.34. The molecular formula is C24H28N6O3. The van der Waals surface area contributed by atoms with Crippen LogP contribution in [0.1, 0.15) is 38.3 Å². The van der Waals surface area contributed by atoms with Gasteiger partial charge in [-0.2, -0.15) is 5.26 Å². The van der Waals surface area contributed by atoms with Gasteiger partial charge in [-0.15, -0.1) is 0 Å². The van der Waals surface area contributed by atoms with Crippen LogP contribution in [-0.4, -0.2) is 44.9 Å². The van der Waals surface area contributed by atoms with E-state index in [1.807, 2.05) is 39.0 Å². The number of pyridine rings is 1. The van der Waals surface area contributed by atoms with Gasteiger partial charge in [-0.3, -0.25) is 9.13 Å². The number of aromatic nitrogens is 3. The molecule has 0 saturated carbocycles. The van der Waals surface area contributed by atoms with Gasteiger partial charge < -0.3 is 15.0 Å². The number of anilines is 1. The number of alkyl carbamates (subject to hydrolysis) is 1. The molecule has 0 aliphatic carbocycles. The molecule has 1 amide bonds. The smallest absolute Gasteiger partial charge is 0.407 e. The number of aryl methyl sites for hydroxylation is 1. The molecule has 1 aliphatic heterocycles. The Morgan fingerprint density at radius 3 is 2.79 bits per heavy atom. The van der Waals surface area contributed by atoms with Crippen LogP contribution in [0.3, 0.4) is 0 Å². The molecule has 1 unspecified atom stereocenters. The van der Waals surface area contributed by atoms with E-state index >= 15 is 0 Å². The van der Waals surface area contributed by atoms with Crippen LogP contribution >= 0.6 is 0 Å². The first-order chi connectivity index (χ1) is 15.7. The number of nitrogens with zero attached hydrogens (tertiary/aromatic N) is 5. The third kappa shape index (κ3) is 4.55. The van der Waals surface area contributed by atoms with Gasteiger partial charge in [0.25, 0.3) is 0 Å². The van der Waals surface area contributed by atoms with Crippen LogP contribution in [0.4, 0.5) is 10.5 Å². The molecule has 0 bridgehead atoms. The van der Waals surface area contributed by atoms with Crippen molar-refractivity contribution in [3.8, 4) is 6.07 Å². The lowest BCUT2D eigenvalue weighted by molar-refractivity contribution is 0.101. The second-order valence-corrected chi connectivity index (χ2v) is 9.34. The zero-order valence-electron chi connectivity index (χ0n) is 19.3. The Labute approximate surface area is 192 Å². The molecule has 1 N–H and O–H groups in total. The molecule has 3 heterocycles. The van der Waals surface area contributed by atoms with E-state index < -0.39 is 6.09 Å².